The summed E-state index contributed by atoms with van der Waals surface area (Å²) < 4.78 is 7.27. The Bertz CT molecular complexity index is 1160. The summed E-state index contributed by atoms with van der Waals surface area (Å²) in [6.07, 6.45) is 0.767. The van der Waals surface area contributed by atoms with Crippen molar-refractivity contribution >= 4 is 35.1 Å². The molecule has 0 saturated heterocycles. The molecule has 32 heavy (non-hydrogen) atoms. The highest BCUT2D eigenvalue weighted by Crippen LogP contribution is 2.34. The Kier molecular flexibility index (Phi) is 7.22. The third-order valence-electron chi connectivity index (χ3n) is 4.94. The molecule has 1 unspecified atom stereocenters. The number of carbonyl (C=O) groups is 1. The number of nitrogens with one attached hydrogen (secondary N) is 1. The topological polar surface area (TPSA) is 73.2 Å². The molecule has 0 radical (unpaired) electrons. The minimum Gasteiger partial charge on any atom is -0.492 e. The average molecular weight is 468 g/mol. The van der Waals surface area contributed by atoms with Gasteiger partial charge in [0.05, 0.1) is 35.2 Å². The SMILES string of the molecule is CCOc1ccccc1NC(=O)CSc1nc2c(c(=O)n1Cc1ccccc1)SC(C)C2. The molecule has 1 aromatic heterocycles. The van der Waals surface area contributed by atoms with E-state index < -0.39 is 0 Å². The molecule has 3 aromatic rings. The summed E-state index contributed by atoms with van der Waals surface area (Å²) in [5, 5.41) is 3.80. The van der Waals surface area contributed by atoms with Crippen molar-refractivity contribution in [2.24, 2.45) is 0 Å². The number of anilines is 1. The predicted octanol–water partition coefficient (Wildman–Crippen LogP) is 4.46. The van der Waals surface area contributed by atoms with E-state index in [1.54, 1.807) is 16.3 Å². The molecule has 4 rings (SSSR count). The zero-order chi connectivity index (χ0) is 22.5. The number of para-hydroxylation sites is 2. The highest BCUT2D eigenvalue weighted by atomic mass is 32.2. The molecule has 2 heterocycles. The maximum atomic E-state index is 13.3. The van der Waals surface area contributed by atoms with E-state index in [0.29, 0.717) is 35.0 Å². The van der Waals surface area contributed by atoms with Gasteiger partial charge in [0.2, 0.25) is 5.91 Å². The lowest BCUT2D eigenvalue weighted by atomic mass is 10.2. The molecule has 1 atom stereocenters. The Morgan fingerprint density at radius 3 is 2.75 bits per heavy atom. The van der Waals surface area contributed by atoms with E-state index in [2.05, 4.69) is 12.2 Å². The van der Waals surface area contributed by atoms with Crippen LogP contribution in [0.25, 0.3) is 0 Å². The largest absolute Gasteiger partial charge is 0.492 e. The standard InChI is InChI=1S/C24H25N3O3S2/c1-3-30-20-12-8-7-11-18(20)25-21(28)15-31-24-26-19-13-16(2)32-22(19)23(29)27(24)14-17-9-5-4-6-10-17/h4-12,16H,3,13-15H2,1-2H3,(H,25,28). The molecule has 6 nitrogen and oxygen atoms in total. The van der Waals surface area contributed by atoms with Gasteiger partial charge in [-0.05, 0) is 24.6 Å². The van der Waals surface area contributed by atoms with Crippen LogP contribution in [-0.4, -0.2) is 33.1 Å². The van der Waals surface area contributed by atoms with E-state index in [1.165, 1.54) is 11.8 Å². The minimum atomic E-state index is -0.175. The van der Waals surface area contributed by atoms with Gasteiger partial charge in [-0.25, -0.2) is 4.98 Å². The van der Waals surface area contributed by atoms with Crippen LogP contribution in [0.5, 0.6) is 5.75 Å². The molecule has 166 valence electrons. The van der Waals surface area contributed by atoms with Crippen LogP contribution < -0.4 is 15.6 Å². The fraction of sp³-hybridized carbons (Fsp3) is 0.292. The van der Waals surface area contributed by atoms with Crippen LogP contribution in [-0.2, 0) is 17.8 Å². The molecule has 1 aliphatic heterocycles. The van der Waals surface area contributed by atoms with Crippen molar-refractivity contribution in [2.75, 3.05) is 17.7 Å². The van der Waals surface area contributed by atoms with E-state index in [4.69, 9.17) is 9.72 Å². The molecule has 0 aliphatic carbocycles. The fourth-order valence-electron chi connectivity index (χ4n) is 3.51. The molecule has 0 fully saturated rings. The van der Waals surface area contributed by atoms with E-state index in [1.807, 2.05) is 61.5 Å². The first-order valence-electron chi connectivity index (χ1n) is 10.5. The van der Waals surface area contributed by atoms with Crippen LogP contribution in [0.4, 0.5) is 5.69 Å². The van der Waals surface area contributed by atoms with Gasteiger partial charge in [0.1, 0.15) is 5.75 Å². The number of aromatic nitrogens is 2. The lowest BCUT2D eigenvalue weighted by Crippen LogP contribution is -2.26. The molecule has 2 aromatic carbocycles. The Morgan fingerprint density at radius 2 is 1.97 bits per heavy atom. The van der Waals surface area contributed by atoms with Crippen LogP contribution in [0.15, 0.2) is 69.4 Å². The average Bonchev–Trinajstić information content (AvgIpc) is 3.17. The maximum Gasteiger partial charge on any atom is 0.268 e. The zero-order valence-electron chi connectivity index (χ0n) is 18.0. The van der Waals surface area contributed by atoms with Gasteiger partial charge in [0.25, 0.3) is 5.56 Å². The number of amides is 1. The lowest BCUT2D eigenvalue weighted by molar-refractivity contribution is -0.113. The van der Waals surface area contributed by atoms with Crippen LogP contribution >= 0.6 is 23.5 Å². The molecule has 1 N–H and O–H groups in total. The van der Waals surface area contributed by atoms with Gasteiger partial charge in [-0.15, -0.1) is 11.8 Å². The number of thioether (sulfide) groups is 2. The van der Waals surface area contributed by atoms with E-state index in [0.717, 1.165) is 22.6 Å². The van der Waals surface area contributed by atoms with Gasteiger partial charge in [0.15, 0.2) is 5.16 Å². The van der Waals surface area contributed by atoms with Gasteiger partial charge in [-0.3, -0.25) is 14.2 Å². The Labute approximate surface area is 195 Å². The summed E-state index contributed by atoms with van der Waals surface area (Å²) >= 11 is 2.87. The zero-order valence-corrected chi connectivity index (χ0v) is 19.7. The number of hydrogen-bond acceptors (Lipinski definition) is 6. The monoisotopic (exact) mass is 467 g/mol. The normalized spacial score (nSPS) is 14.8. The summed E-state index contributed by atoms with van der Waals surface area (Å²) in [6, 6.07) is 17.2. The third-order valence-corrected chi connectivity index (χ3v) is 7.13. The summed E-state index contributed by atoms with van der Waals surface area (Å²) in [6.45, 7) is 4.94. The third kappa shape index (κ3) is 5.19. The van der Waals surface area contributed by atoms with Crippen molar-refractivity contribution < 1.29 is 9.53 Å². The molecule has 0 spiro atoms. The highest BCUT2D eigenvalue weighted by molar-refractivity contribution is 8.00. The van der Waals surface area contributed by atoms with Gasteiger partial charge in [-0.2, -0.15) is 0 Å². The number of ether oxygens (including phenoxy) is 1. The summed E-state index contributed by atoms with van der Waals surface area (Å²) in [4.78, 5) is 31.4. The second kappa shape index (κ2) is 10.3. The van der Waals surface area contributed by atoms with E-state index >= 15 is 0 Å². The van der Waals surface area contributed by atoms with Gasteiger partial charge in [-0.1, -0.05) is 61.2 Å². The Hall–Kier alpha value is -2.71. The minimum absolute atomic E-state index is 0.0298. The number of benzene rings is 2. The Balaban J connectivity index is 1.55. The number of carbonyl (C=O) groups excluding carboxylic acids is 1. The second-order valence-corrected chi connectivity index (χ2v) is 9.84. The van der Waals surface area contributed by atoms with Crippen LogP contribution in [0, 0.1) is 0 Å². The molecular formula is C24H25N3O3S2. The maximum absolute atomic E-state index is 13.3. The first kappa shape index (κ1) is 22.5. The smallest absolute Gasteiger partial charge is 0.268 e. The molecule has 0 saturated carbocycles. The summed E-state index contributed by atoms with van der Waals surface area (Å²) in [5.74, 6) is 0.602. The molecule has 8 heteroatoms. The van der Waals surface area contributed by atoms with Crippen molar-refractivity contribution in [2.45, 2.75) is 42.1 Å². The van der Waals surface area contributed by atoms with Crippen molar-refractivity contribution in [3.05, 3.63) is 76.2 Å². The Morgan fingerprint density at radius 1 is 1.22 bits per heavy atom. The number of fused-ring (bicyclic) bond motifs is 1. The molecule has 1 amide bonds. The van der Waals surface area contributed by atoms with Crippen LogP contribution in [0.2, 0.25) is 0 Å². The van der Waals surface area contributed by atoms with Gasteiger partial charge < -0.3 is 10.1 Å². The second-order valence-electron chi connectivity index (χ2n) is 7.45. The van der Waals surface area contributed by atoms with E-state index in [9.17, 15) is 9.59 Å². The van der Waals surface area contributed by atoms with Crippen LogP contribution in [0.1, 0.15) is 25.1 Å². The van der Waals surface area contributed by atoms with Crippen molar-refractivity contribution in [1.29, 1.82) is 0 Å². The number of hydrogen-bond donors (Lipinski definition) is 1. The first-order chi connectivity index (χ1) is 15.5. The first-order valence-corrected chi connectivity index (χ1v) is 12.4. The number of rotatable bonds is 8. The highest BCUT2D eigenvalue weighted by Gasteiger charge is 2.26. The number of nitrogens with zero attached hydrogens (tertiary/aromatic N) is 2. The van der Waals surface area contributed by atoms with Gasteiger partial charge >= 0.3 is 0 Å². The van der Waals surface area contributed by atoms with Crippen molar-refractivity contribution in [3.8, 4) is 5.75 Å². The van der Waals surface area contributed by atoms with Gasteiger partial charge in [0, 0.05) is 11.7 Å². The molecular weight excluding hydrogens is 442 g/mol. The summed E-state index contributed by atoms with van der Waals surface area (Å²) in [5.41, 5.74) is 2.46. The molecule has 0 bridgehead atoms. The summed E-state index contributed by atoms with van der Waals surface area (Å²) in [7, 11) is 0. The van der Waals surface area contributed by atoms with E-state index in [-0.39, 0.29) is 17.2 Å². The molecule has 1 aliphatic rings. The lowest BCUT2D eigenvalue weighted by Gasteiger charge is -2.14. The quantitative estimate of drug-likeness (QED) is 0.390. The van der Waals surface area contributed by atoms with Crippen molar-refractivity contribution in [3.63, 3.8) is 0 Å². The van der Waals surface area contributed by atoms with Crippen molar-refractivity contribution in [1.82, 2.24) is 9.55 Å². The predicted molar refractivity (Wildman–Crippen MR) is 130 cm³/mol. The van der Waals surface area contributed by atoms with Crippen LogP contribution in [0.3, 0.4) is 0 Å². The fourth-order valence-corrected chi connectivity index (χ4v) is 5.44.